The van der Waals surface area contributed by atoms with E-state index in [-0.39, 0.29) is 16.3 Å². The molecule has 0 atom stereocenters. The number of fused-ring (bicyclic) bond motifs is 1. The molecule has 1 aromatic heterocycles. The van der Waals surface area contributed by atoms with Crippen LogP contribution < -0.4 is 9.47 Å². The Balaban J connectivity index is 2.53. The molecule has 0 fully saturated rings. The van der Waals surface area contributed by atoms with Crippen LogP contribution in [-0.4, -0.2) is 23.4 Å². The van der Waals surface area contributed by atoms with E-state index in [1.807, 2.05) is 6.07 Å². The lowest BCUT2D eigenvalue weighted by Gasteiger charge is -2.19. The number of benzene rings is 1. The third-order valence-electron chi connectivity index (χ3n) is 3.34. The molecule has 0 bridgehead atoms. The first kappa shape index (κ1) is 19.3. The smallest absolute Gasteiger partial charge is 0.316 e. The number of aromatic nitrogens is 1. The summed E-state index contributed by atoms with van der Waals surface area (Å²) in [4.78, 5) is 16.5. The number of alkyl halides is 1. The fourth-order valence-corrected chi connectivity index (χ4v) is 2.28. The van der Waals surface area contributed by atoms with E-state index in [4.69, 9.17) is 37.9 Å². The van der Waals surface area contributed by atoms with Crippen LogP contribution >= 0.6 is 23.2 Å². The zero-order chi connectivity index (χ0) is 18.6. The first-order chi connectivity index (χ1) is 11.8. The fourth-order valence-electron chi connectivity index (χ4n) is 1.93. The predicted molar refractivity (Wildman–Crippen MR) is 97.4 cm³/mol. The van der Waals surface area contributed by atoms with Gasteiger partial charge in [0.15, 0.2) is 11.5 Å². The number of hydrogen-bond acceptors (Lipinski definition) is 5. The Morgan fingerprint density at radius 1 is 1.32 bits per heavy atom. The summed E-state index contributed by atoms with van der Waals surface area (Å²) in [6.45, 7) is 5.64. The normalized spacial score (nSPS) is 11.2. The second-order valence-corrected chi connectivity index (χ2v) is 7.20. The minimum Gasteiger partial charge on any atom is -0.490 e. The van der Waals surface area contributed by atoms with Crippen LogP contribution in [0, 0.1) is 16.7 Å². The van der Waals surface area contributed by atoms with Gasteiger partial charge >= 0.3 is 5.97 Å². The van der Waals surface area contributed by atoms with E-state index in [2.05, 4.69) is 4.98 Å². The van der Waals surface area contributed by atoms with Crippen molar-refractivity contribution in [2.75, 3.05) is 12.5 Å². The third-order valence-corrected chi connectivity index (χ3v) is 4.01. The molecule has 1 aromatic carbocycles. The van der Waals surface area contributed by atoms with Gasteiger partial charge in [-0.15, -0.1) is 11.6 Å². The summed E-state index contributed by atoms with van der Waals surface area (Å²) in [5.74, 6) is 0.666. The van der Waals surface area contributed by atoms with Crippen molar-refractivity contribution in [3.8, 4) is 17.6 Å². The highest BCUT2D eigenvalue weighted by molar-refractivity contribution is 6.36. The number of carbonyl (C=O) groups is 1. The van der Waals surface area contributed by atoms with E-state index < -0.39 is 11.4 Å². The summed E-state index contributed by atoms with van der Waals surface area (Å²) in [6, 6.07) is 5.20. The average Bonchev–Trinajstić information content (AvgIpc) is 2.55. The van der Waals surface area contributed by atoms with Crippen molar-refractivity contribution in [2.24, 2.45) is 5.41 Å². The van der Waals surface area contributed by atoms with Gasteiger partial charge in [-0.1, -0.05) is 11.6 Å². The molecule has 0 unspecified atom stereocenters. The monoisotopic (exact) mass is 380 g/mol. The van der Waals surface area contributed by atoms with Gasteiger partial charge in [-0.2, -0.15) is 5.26 Å². The number of ether oxygens (including phenoxy) is 2. The molecule has 25 heavy (non-hydrogen) atoms. The van der Waals surface area contributed by atoms with E-state index in [9.17, 15) is 4.79 Å². The van der Waals surface area contributed by atoms with Crippen LogP contribution in [0.15, 0.2) is 18.3 Å². The second-order valence-electron chi connectivity index (χ2n) is 6.44. The molecule has 132 valence electrons. The maximum absolute atomic E-state index is 12.3. The standard InChI is InChI=1S/C18H18Cl2N2O3/c1-18(2,3)17(23)25-15-7-12-13(8-14(15)24-6-4-5-19)22-10-11(9-21)16(12)20/h7-8,10H,4-6H2,1-3H3. The van der Waals surface area contributed by atoms with E-state index in [1.165, 1.54) is 6.20 Å². The number of rotatable bonds is 5. The lowest BCUT2D eigenvalue weighted by Crippen LogP contribution is -2.25. The average molecular weight is 381 g/mol. The molecule has 0 spiro atoms. The van der Waals surface area contributed by atoms with Crippen LogP contribution in [0.4, 0.5) is 0 Å². The molecule has 0 amide bonds. The zero-order valence-electron chi connectivity index (χ0n) is 14.2. The quantitative estimate of drug-likeness (QED) is 0.324. The highest BCUT2D eigenvalue weighted by Gasteiger charge is 2.25. The van der Waals surface area contributed by atoms with Gasteiger partial charge in [-0.3, -0.25) is 9.78 Å². The number of nitrogens with zero attached hydrogens (tertiary/aromatic N) is 2. The number of halogens is 2. The summed E-state index contributed by atoms with van der Waals surface area (Å²) >= 11 is 11.9. The van der Waals surface area contributed by atoms with Gasteiger partial charge in [-0.05, 0) is 33.3 Å². The first-order valence-corrected chi connectivity index (χ1v) is 8.62. The number of esters is 1. The van der Waals surface area contributed by atoms with Crippen molar-refractivity contribution >= 4 is 40.1 Å². The molecule has 5 nitrogen and oxygen atoms in total. The maximum atomic E-state index is 12.3. The minimum absolute atomic E-state index is 0.237. The molecule has 0 saturated carbocycles. The molecular formula is C18H18Cl2N2O3. The molecule has 0 N–H and O–H groups in total. The van der Waals surface area contributed by atoms with Crippen LogP contribution in [0.25, 0.3) is 10.9 Å². The van der Waals surface area contributed by atoms with Crippen LogP contribution in [0.1, 0.15) is 32.8 Å². The molecule has 7 heteroatoms. The SMILES string of the molecule is CC(C)(C)C(=O)Oc1cc2c(Cl)c(C#N)cnc2cc1OCCCCl. The summed E-state index contributed by atoms with van der Waals surface area (Å²) in [5, 5.41) is 9.87. The highest BCUT2D eigenvalue weighted by Crippen LogP contribution is 2.37. The van der Waals surface area contributed by atoms with Crippen molar-refractivity contribution in [3.05, 3.63) is 28.9 Å². The molecular weight excluding hydrogens is 363 g/mol. The Morgan fingerprint density at radius 3 is 2.64 bits per heavy atom. The largest absolute Gasteiger partial charge is 0.490 e. The van der Waals surface area contributed by atoms with Crippen LogP contribution in [0.5, 0.6) is 11.5 Å². The number of nitriles is 1. The van der Waals surface area contributed by atoms with Gasteiger partial charge in [0, 0.05) is 23.5 Å². The van der Waals surface area contributed by atoms with Gasteiger partial charge in [0.2, 0.25) is 0 Å². The Kier molecular flexibility index (Phi) is 6.10. The molecule has 2 aromatic rings. The van der Waals surface area contributed by atoms with Crippen molar-refractivity contribution in [2.45, 2.75) is 27.2 Å². The molecule has 0 aliphatic rings. The van der Waals surface area contributed by atoms with E-state index in [1.54, 1.807) is 32.9 Å². The molecule has 0 saturated heterocycles. The van der Waals surface area contributed by atoms with Gasteiger partial charge in [0.25, 0.3) is 0 Å². The summed E-state index contributed by atoms with van der Waals surface area (Å²) in [6.07, 6.45) is 2.04. The van der Waals surface area contributed by atoms with Crippen molar-refractivity contribution in [1.29, 1.82) is 5.26 Å². The fraction of sp³-hybridized carbons (Fsp3) is 0.389. The Bertz CT molecular complexity index is 839. The van der Waals surface area contributed by atoms with Crippen LogP contribution in [0.3, 0.4) is 0 Å². The van der Waals surface area contributed by atoms with Gasteiger partial charge in [0.05, 0.1) is 28.1 Å². The maximum Gasteiger partial charge on any atom is 0.316 e. The third kappa shape index (κ3) is 4.53. The number of carbonyl (C=O) groups excluding carboxylic acids is 1. The Morgan fingerprint density at radius 2 is 2.04 bits per heavy atom. The van der Waals surface area contributed by atoms with Crippen molar-refractivity contribution < 1.29 is 14.3 Å². The van der Waals surface area contributed by atoms with Gasteiger partial charge < -0.3 is 9.47 Å². The lowest BCUT2D eigenvalue weighted by atomic mass is 9.97. The van der Waals surface area contributed by atoms with E-state index in [0.717, 1.165) is 0 Å². The zero-order valence-corrected chi connectivity index (χ0v) is 15.7. The van der Waals surface area contributed by atoms with E-state index in [0.29, 0.717) is 35.6 Å². The first-order valence-electron chi connectivity index (χ1n) is 7.71. The van der Waals surface area contributed by atoms with Crippen molar-refractivity contribution in [1.82, 2.24) is 4.98 Å². The minimum atomic E-state index is -0.682. The lowest BCUT2D eigenvalue weighted by molar-refractivity contribution is -0.143. The molecule has 0 radical (unpaired) electrons. The summed E-state index contributed by atoms with van der Waals surface area (Å²) < 4.78 is 11.2. The van der Waals surface area contributed by atoms with E-state index >= 15 is 0 Å². The molecule has 0 aliphatic carbocycles. The summed E-state index contributed by atoms with van der Waals surface area (Å²) in [5.41, 5.74) is 0.109. The molecule has 1 heterocycles. The number of pyridine rings is 1. The second kappa shape index (κ2) is 7.90. The van der Waals surface area contributed by atoms with Crippen LogP contribution in [0.2, 0.25) is 5.02 Å². The Hall–Kier alpha value is -2.03. The summed E-state index contributed by atoms with van der Waals surface area (Å²) in [7, 11) is 0. The topological polar surface area (TPSA) is 72.2 Å². The Labute approximate surface area is 156 Å². The van der Waals surface area contributed by atoms with Gasteiger partial charge in [0.1, 0.15) is 6.07 Å². The molecule has 2 rings (SSSR count). The van der Waals surface area contributed by atoms with Gasteiger partial charge in [-0.25, -0.2) is 0 Å². The van der Waals surface area contributed by atoms with Crippen LogP contribution in [-0.2, 0) is 4.79 Å². The highest BCUT2D eigenvalue weighted by atomic mass is 35.5. The molecule has 0 aliphatic heterocycles. The number of hydrogen-bond donors (Lipinski definition) is 0. The van der Waals surface area contributed by atoms with Crippen molar-refractivity contribution in [3.63, 3.8) is 0 Å². The predicted octanol–water partition coefficient (Wildman–Crippen LogP) is 4.72.